The summed E-state index contributed by atoms with van der Waals surface area (Å²) in [7, 11) is 1.09. The van der Waals surface area contributed by atoms with E-state index in [1.165, 1.54) is 0 Å². The van der Waals surface area contributed by atoms with E-state index < -0.39 is 30.4 Å². The highest BCUT2D eigenvalue weighted by molar-refractivity contribution is 9.10. The predicted octanol–water partition coefficient (Wildman–Crippen LogP) is 3.50. The highest BCUT2D eigenvalue weighted by atomic mass is 79.9. The minimum Gasteiger partial charge on any atom is -0.328 e. The summed E-state index contributed by atoms with van der Waals surface area (Å²) in [5.74, 6) is -1.37. The second-order valence-electron chi connectivity index (χ2n) is 4.07. The number of carbonyl (C=O) groups is 1. The molecule has 1 amide bonds. The summed E-state index contributed by atoms with van der Waals surface area (Å²) in [6.45, 7) is -0.413. The summed E-state index contributed by atoms with van der Waals surface area (Å²) in [6.07, 6.45) is -3.15. The maximum Gasteiger partial charge on any atom is 0.268 e. The van der Waals surface area contributed by atoms with E-state index in [1.54, 1.807) is 0 Å². The minimum absolute atomic E-state index is 0.0690. The van der Waals surface area contributed by atoms with Crippen molar-refractivity contribution in [2.24, 2.45) is 0 Å². The lowest BCUT2D eigenvalue weighted by Crippen LogP contribution is -2.53. The fraction of sp³-hybridized carbons (Fsp3) is 0.417. The van der Waals surface area contributed by atoms with E-state index in [0.717, 1.165) is 32.2 Å². The first-order valence-corrected chi connectivity index (χ1v) is 6.10. The van der Waals surface area contributed by atoms with Gasteiger partial charge in [-0.05, 0) is 33.6 Å². The van der Waals surface area contributed by atoms with E-state index in [0.29, 0.717) is 4.90 Å². The fourth-order valence-electron chi connectivity index (χ4n) is 1.74. The maximum absolute atomic E-state index is 13.3. The monoisotopic (exact) mass is 341 g/mol. The smallest absolute Gasteiger partial charge is 0.268 e. The van der Waals surface area contributed by atoms with E-state index in [9.17, 15) is 22.4 Å². The van der Waals surface area contributed by atoms with Gasteiger partial charge in [0.1, 0.15) is 12.5 Å². The van der Waals surface area contributed by atoms with Gasteiger partial charge in [-0.2, -0.15) is 0 Å². The number of carbonyl (C=O) groups excluding carboxylic acids is 1. The van der Waals surface area contributed by atoms with Crippen molar-refractivity contribution >= 4 is 21.8 Å². The first-order chi connectivity index (χ1) is 8.77. The van der Waals surface area contributed by atoms with Crippen molar-refractivity contribution < 1.29 is 22.4 Å². The molecule has 7 heteroatoms. The topological polar surface area (TPSA) is 20.3 Å². The average Bonchev–Trinajstić information content (AvgIpc) is 2.34. The molecule has 0 spiro atoms. The van der Waals surface area contributed by atoms with Crippen LogP contribution in [-0.2, 0) is 10.3 Å². The van der Waals surface area contributed by atoms with E-state index >= 15 is 0 Å². The Balaban J connectivity index is 3.46. The van der Waals surface area contributed by atoms with Crippen LogP contribution in [0.15, 0.2) is 22.7 Å². The lowest BCUT2D eigenvalue weighted by atomic mass is 9.89. The number of nitrogens with zero attached hydrogens (tertiary/aromatic N) is 1. The van der Waals surface area contributed by atoms with Gasteiger partial charge in [0, 0.05) is 14.0 Å². The molecule has 0 aliphatic carbocycles. The van der Waals surface area contributed by atoms with E-state index in [-0.39, 0.29) is 10.0 Å². The molecule has 0 fully saturated rings. The van der Waals surface area contributed by atoms with Gasteiger partial charge >= 0.3 is 0 Å². The van der Waals surface area contributed by atoms with Gasteiger partial charge in [0.2, 0.25) is 5.91 Å². The largest absolute Gasteiger partial charge is 0.328 e. The first kappa shape index (κ1) is 15.9. The Morgan fingerprint density at radius 1 is 1.47 bits per heavy atom. The van der Waals surface area contributed by atoms with E-state index in [4.69, 9.17) is 0 Å². The molecule has 1 aromatic rings. The molecule has 0 N–H and O–H groups in total. The molecule has 0 aromatic heterocycles. The average molecular weight is 342 g/mol. The van der Waals surface area contributed by atoms with Gasteiger partial charge in [0.25, 0.3) is 6.43 Å². The van der Waals surface area contributed by atoms with Crippen molar-refractivity contribution in [1.82, 2.24) is 4.90 Å². The Labute approximate surface area is 116 Å². The van der Waals surface area contributed by atoms with Crippen LogP contribution in [-0.4, -0.2) is 31.0 Å². The second-order valence-corrected chi connectivity index (χ2v) is 4.92. The van der Waals surface area contributed by atoms with Gasteiger partial charge in [-0.25, -0.2) is 17.6 Å². The molecular weight excluding hydrogens is 330 g/mol. The third-order valence-corrected chi connectivity index (χ3v) is 3.66. The minimum atomic E-state index is -3.15. The summed E-state index contributed by atoms with van der Waals surface area (Å²) in [4.78, 5) is 12.0. The zero-order valence-corrected chi connectivity index (χ0v) is 11.8. The van der Waals surface area contributed by atoms with Crippen LogP contribution < -0.4 is 0 Å². The molecule has 106 valence electrons. The SMILES string of the molecule is CC(=O)N(C)C(CF)(c1ccc(F)c(Br)c1)C(F)F. The third kappa shape index (κ3) is 2.75. The van der Waals surface area contributed by atoms with E-state index in [2.05, 4.69) is 15.9 Å². The molecule has 1 atom stereocenters. The maximum atomic E-state index is 13.3. The normalized spacial score (nSPS) is 14.3. The predicted molar refractivity (Wildman–Crippen MR) is 66.2 cm³/mol. The summed E-state index contributed by atoms with van der Waals surface area (Å²) >= 11 is 2.86. The number of hydrogen-bond acceptors (Lipinski definition) is 1. The summed E-state index contributed by atoms with van der Waals surface area (Å²) in [5, 5.41) is 0. The van der Waals surface area contributed by atoms with Crippen LogP contribution in [0.3, 0.4) is 0 Å². The molecule has 2 nitrogen and oxygen atoms in total. The van der Waals surface area contributed by atoms with Crippen LogP contribution in [0.25, 0.3) is 0 Å². The Morgan fingerprint density at radius 3 is 2.42 bits per heavy atom. The molecule has 1 rings (SSSR count). The number of rotatable bonds is 4. The van der Waals surface area contributed by atoms with Crippen LogP contribution >= 0.6 is 15.9 Å². The molecule has 1 aromatic carbocycles. The van der Waals surface area contributed by atoms with Gasteiger partial charge in [-0.1, -0.05) is 6.07 Å². The van der Waals surface area contributed by atoms with Gasteiger partial charge in [0.05, 0.1) is 4.47 Å². The number of benzene rings is 1. The standard InChI is InChI=1S/C12H12BrF4NO/c1-7(19)18(2)12(6-14,11(16)17)8-3-4-10(15)9(13)5-8/h3-5,11H,6H2,1-2H3. The summed E-state index contributed by atoms with van der Waals surface area (Å²) in [6, 6.07) is 3.05. The number of amides is 1. The Morgan fingerprint density at radius 2 is 2.05 bits per heavy atom. The number of alkyl halides is 3. The summed E-state index contributed by atoms with van der Waals surface area (Å²) < 4.78 is 53.1. The highest BCUT2D eigenvalue weighted by Crippen LogP contribution is 2.36. The Kier molecular flexibility index (Phi) is 4.95. The van der Waals surface area contributed by atoms with Crippen molar-refractivity contribution in [2.45, 2.75) is 18.9 Å². The third-order valence-electron chi connectivity index (χ3n) is 3.06. The molecular formula is C12H12BrF4NO. The van der Waals surface area contributed by atoms with Gasteiger partial charge in [-0.15, -0.1) is 0 Å². The van der Waals surface area contributed by atoms with E-state index in [1.807, 2.05) is 0 Å². The fourth-order valence-corrected chi connectivity index (χ4v) is 2.12. The van der Waals surface area contributed by atoms with Crippen molar-refractivity contribution in [2.75, 3.05) is 13.7 Å². The van der Waals surface area contributed by atoms with Crippen molar-refractivity contribution in [1.29, 1.82) is 0 Å². The lowest BCUT2D eigenvalue weighted by molar-refractivity contribution is -0.144. The molecule has 0 bridgehead atoms. The Bertz CT molecular complexity index is 483. The molecule has 0 aliphatic heterocycles. The van der Waals surface area contributed by atoms with Crippen LogP contribution in [0.2, 0.25) is 0 Å². The van der Waals surface area contributed by atoms with Crippen molar-refractivity contribution in [3.63, 3.8) is 0 Å². The first-order valence-electron chi connectivity index (χ1n) is 5.31. The quantitative estimate of drug-likeness (QED) is 0.767. The molecule has 1 unspecified atom stereocenters. The zero-order valence-electron chi connectivity index (χ0n) is 10.3. The van der Waals surface area contributed by atoms with Crippen LogP contribution in [0.5, 0.6) is 0 Å². The highest BCUT2D eigenvalue weighted by Gasteiger charge is 2.47. The molecule has 0 aliphatic rings. The molecule has 19 heavy (non-hydrogen) atoms. The molecule has 0 saturated heterocycles. The summed E-state index contributed by atoms with van der Waals surface area (Å²) in [5.41, 5.74) is -2.59. The lowest BCUT2D eigenvalue weighted by Gasteiger charge is -2.39. The van der Waals surface area contributed by atoms with Crippen molar-refractivity contribution in [3.05, 3.63) is 34.1 Å². The number of hydrogen-bond donors (Lipinski definition) is 0. The Hall–Kier alpha value is -1.11. The molecule has 0 saturated carbocycles. The van der Waals surface area contributed by atoms with Crippen LogP contribution in [0.1, 0.15) is 12.5 Å². The molecule has 0 radical (unpaired) electrons. The molecule has 0 heterocycles. The van der Waals surface area contributed by atoms with Crippen LogP contribution in [0, 0.1) is 5.82 Å². The van der Waals surface area contributed by atoms with Gasteiger partial charge in [-0.3, -0.25) is 4.79 Å². The van der Waals surface area contributed by atoms with Crippen molar-refractivity contribution in [3.8, 4) is 0 Å². The second kappa shape index (κ2) is 5.90. The number of halogens is 5. The zero-order chi connectivity index (χ0) is 14.8. The van der Waals surface area contributed by atoms with Gasteiger partial charge in [0.15, 0.2) is 5.54 Å². The van der Waals surface area contributed by atoms with Gasteiger partial charge < -0.3 is 4.90 Å². The van der Waals surface area contributed by atoms with Crippen LogP contribution in [0.4, 0.5) is 17.6 Å².